The summed E-state index contributed by atoms with van der Waals surface area (Å²) in [6, 6.07) is 3.72. The number of hydrogen-bond acceptors (Lipinski definition) is 3. The number of rotatable bonds is 2. The van der Waals surface area contributed by atoms with Crippen molar-refractivity contribution in [1.82, 2.24) is 4.98 Å². The summed E-state index contributed by atoms with van der Waals surface area (Å²) in [5.74, 6) is 0. The molecule has 0 atom stereocenters. The van der Waals surface area contributed by atoms with Crippen LogP contribution in [0.15, 0.2) is 24.5 Å². The number of ether oxygens (including phenoxy) is 1. The molecule has 1 aromatic rings. The molecule has 0 unspecified atom stereocenters. The van der Waals surface area contributed by atoms with Crippen molar-refractivity contribution in [2.24, 2.45) is 0 Å². The second-order valence-electron chi connectivity index (χ2n) is 3.00. The van der Waals surface area contributed by atoms with Gasteiger partial charge >= 0.3 is 0 Å². The van der Waals surface area contributed by atoms with E-state index in [2.05, 4.69) is 4.98 Å². The van der Waals surface area contributed by atoms with Crippen LogP contribution >= 0.6 is 0 Å². The van der Waals surface area contributed by atoms with Crippen LogP contribution in [0.5, 0.6) is 0 Å². The van der Waals surface area contributed by atoms with Crippen molar-refractivity contribution in [2.75, 3.05) is 13.2 Å². The summed E-state index contributed by atoms with van der Waals surface area (Å²) in [6.07, 6.45) is 4.35. The van der Waals surface area contributed by atoms with Gasteiger partial charge < -0.3 is 9.53 Å². The molecule has 1 aliphatic heterocycles. The smallest absolute Gasteiger partial charge is 0.135 e. The largest absolute Gasteiger partial charge is 0.379 e. The molecule has 3 nitrogen and oxygen atoms in total. The summed E-state index contributed by atoms with van der Waals surface area (Å²) in [7, 11) is 0. The summed E-state index contributed by atoms with van der Waals surface area (Å²) in [6.45, 7) is 1.00. The number of carbonyl (C=O) groups excluding carboxylic acids is 1. The van der Waals surface area contributed by atoms with Gasteiger partial charge in [-0.15, -0.1) is 0 Å². The number of pyridine rings is 1. The van der Waals surface area contributed by atoms with Crippen LogP contribution in [-0.2, 0) is 14.9 Å². The SMILES string of the molecule is O=CC1(c2ccncc2)COC1. The molecule has 0 spiro atoms. The highest BCUT2D eigenvalue weighted by atomic mass is 16.5. The van der Waals surface area contributed by atoms with Gasteiger partial charge in [-0.3, -0.25) is 4.98 Å². The lowest BCUT2D eigenvalue weighted by Gasteiger charge is -2.36. The molecule has 62 valence electrons. The maximum atomic E-state index is 10.8. The lowest BCUT2D eigenvalue weighted by Crippen LogP contribution is -2.48. The van der Waals surface area contributed by atoms with E-state index in [-0.39, 0.29) is 5.41 Å². The second kappa shape index (κ2) is 2.68. The topological polar surface area (TPSA) is 39.2 Å². The minimum absolute atomic E-state index is 0.386. The monoisotopic (exact) mass is 163 g/mol. The first kappa shape index (κ1) is 7.43. The highest BCUT2D eigenvalue weighted by molar-refractivity contribution is 5.70. The van der Waals surface area contributed by atoms with E-state index in [9.17, 15) is 4.79 Å². The first-order valence-corrected chi connectivity index (χ1v) is 3.82. The molecule has 1 aliphatic rings. The van der Waals surface area contributed by atoms with Crippen molar-refractivity contribution in [1.29, 1.82) is 0 Å². The predicted octanol–water partition coefficient (Wildman–Crippen LogP) is 0.548. The Morgan fingerprint density at radius 1 is 1.42 bits per heavy atom. The molecule has 0 amide bonds. The molecule has 0 saturated carbocycles. The molecule has 12 heavy (non-hydrogen) atoms. The molecule has 0 N–H and O–H groups in total. The Labute approximate surface area is 70.4 Å². The van der Waals surface area contributed by atoms with E-state index in [0.29, 0.717) is 13.2 Å². The van der Waals surface area contributed by atoms with Gasteiger partial charge in [0.05, 0.1) is 18.6 Å². The fourth-order valence-corrected chi connectivity index (χ4v) is 1.31. The number of carbonyl (C=O) groups is 1. The Morgan fingerprint density at radius 2 is 2.08 bits per heavy atom. The maximum Gasteiger partial charge on any atom is 0.135 e. The Balaban J connectivity index is 2.34. The van der Waals surface area contributed by atoms with Crippen LogP contribution in [-0.4, -0.2) is 24.5 Å². The first-order valence-electron chi connectivity index (χ1n) is 3.82. The Morgan fingerprint density at radius 3 is 2.50 bits per heavy atom. The highest BCUT2D eigenvalue weighted by Crippen LogP contribution is 2.29. The van der Waals surface area contributed by atoms with E-state index in [1.807, 2.05) is 12.1 Å². The third-order valence-corrected chi connectivity index (χ3v) is 2.20. The van der Waals surface area contributed by atoms with E-state index < -0.39 is 0 Å². The third kappa shape index (κ3) is 0.940. The molecule has 0 radical (unpaired) electrons. The molecular formula is C9H9NO2. The fourth-order valence-electron chi connectivity index (χ4n) is 1.31. The lowest BCUT2D eigenvalue weighted by molar-refractivity contribution is -0.129. The van der Waals surface area contributed by atoms with Crippen molar-refractivity contribution in [2.45, 2.75) is 5.41 Å². The van der Waals surface area contributed by atoms with E-state index in [1.54, 1.807) is 12.4 Å². The van der Waals surface area contributed by atoms with Crippen LogP contribution in [0.1, 0.15) is 5.56 Å². The van der Waals surface area contributed by atoms with Gasteiger partial charge in [-0.05, 0) is 17.7 Å². The number of aromatic nitrogens is 1. The molecule has 0 aliphatic carbocycles. The molecule has 2 rings (SSSR count). The standard InChI is InChI=1S/C9H9NO2/c11-5-9(6-12-7-9)8-1-3-10-4-2-8/h1-5H,6-7H2. The summed E-state index contributed by atoms with van der Waals surface area (Å²) in [5.41, 5.74) is 0.613. The lowest BCUT2D eigenvalue weighted by atomic mass is 9.81. The van der Waals surface area contributed by atoms with E-state index in [1.165, 1.54) is 0 Å². The van der Waals surface area contributed by atoms with Gasteiger partial charge in [0.1, 0.15) is 6.29 Å². The van der Waals surface area contributed by atoms with Crippen molar-refractivity contribution < 1.29 is 9.53 Å². The molecule has 1 fully saturated rings. The molecule has 1 aromatic heterocycles. The Kier molecular flexibility index (Phi) is 1.66. The van der Waals surface area contributed by atoms with Crippen molar-refractivity contribution in [3.8, 4) is 0 Å². The van der Waals surface area contributed by atoms with Crippen LogP contribution in [0.2, 0.25) is 0 Å². The van der Waals surface area contributed by atoms with Gasteiger partial charge in [-0.25, -0.2) is 0 Å². The van der Waals surface area contributed by atoms with Crippen LogP contribution in [0, 0.1) is 0 Å². The van der Waals surface area contributed by atoms with E-state index in [0.717, 1.165) is 11.8 Å². The van der Waals surface area contributed by atoms with Crippen molar-refractivity contribution >= 4 is 6.29 Å². The molecule has 0 aromatic carbocycles. The third-order valence-electron chi connectivity index (χ3n) is 2.20. The Hall–Kier alpha value is -1.22. The summed E-state index contributed by atoms with van der Waals surface area (Å²) >= 11 is 0. The molecule has 1 saturated heterocycles. The van der Waals surface area contributed by atoms with Crippen molar-refractivity contribution in [3.63, 3.8) is 0 Å². The highest BCUT2D eigenvalue weighted by Gasteiger charge is 2.40. The number of nitrogens with zero attached hydrogens (tertiary/aromatic N) is 1. The van der Waals surface area contributed by atoms with Gasteiger partial charge in [-0.2, -0.15) is 0 Å². The predicted molar refractivity (Wildman–Crippen MR) is 42.8 cm³/mol. The molecular weight excluding hydrogens is 154 g/mol. The number of aldehydes is 1. The van der Waals surface area contributed by atoms with Crippen LogP contribution in [0.25, 0.3) is 0 Å². The van der Waals surface area contributed by atoms with Gasteiger partial charge in [0.15, 0.2) is 0 Å². The molecule has 3 heteroatoms. The zero-order valence-corrected chi connectivity index (χ0v) is 6.56. The zero-order valence-electron chi connectivity index (χ0n) is 6.56. The van der Waals surface area contributed by atoms with Crippen LogP contribution in [0.4, 0.5) is 0 Å². The summed E-state index contributed by atoms with van der Waals surface area (Å²) in [4.78, 5) is 14.7. The average Bonchev–Trinajstić information content (AvgIpc) is 2.05. The zero-order chi connectivity index (χ0) is 8.44. The van der Waals surface area contributed by atoms with Gasteiger partial charge in [0.25, 0.3) is 0 Å². The molecule has 2 heterocycles. The van der Waals surface area contributed by atoms with Crippen LogP contribution in [0.3, 0.4) is 0 Å². The van der Waals surface area contributed by atoms with Gasteiger partial charge in [0, 0.05) is 12.4 Å². The van der Waals surface area contributed by atoms with Gasteiger partial charge in [0.2, 0.25) is 0 Å². The van der Waals surface area contributed by atoms with E-state index in [4.69, 9.17) is 4.74 Å². The fraction of sp³-hybridized carbons (Fsp3) is 0.333. The van der Waals surface area contributed by atoms with Gasteiger partial charge in [-0.1, -0.05) is 0 Å². The van der Waals surface area contributed by atoms with Crippen molar-refractivity contribution in [3.05, 3.63) is 30.1 Å². The summed E-state index contributed by atoms with van der Waals surface area (Å²) < 4.78 is 5.03. The van der Waals surface area contributed by atoms with Crippen LogP contribution < -0.4 is 0 Å². The second-order valence-corrected chi connectivity index (χ2v) is 3.00. The minimum atomic E-state index is -0.386. The maximum absolute atomic E-state index is 10.8. The summed E-state index contributed by atoms with van der Waals surface area (Å²) in [5, 5.41) is 0. The quantitative estimate of drug-likeness (QED) is 0.597. The molecule has 0 bridgehead atoms. The first-order chi connectivity index (χ1) is 5.87. The van der Waals surface area contributed by atoms with E-state index >= 15 is 0 Å². The average molecular weight is 163 g/mol. The Bertz CT molecular complexity index is 280. The number of hydrogen-bond donors (Lipinski definition) is 0. The normalized spacial score (nSPS) is 19.7. The minimum Gasteiger partial charge on any atom is -0.379 e.